The highest BCUT2D eigenvalue weighted by molar-refractivity contribution is 7.90. The van der Waals surface area contributed by atoms with E-state index in [-0.39, 0.29) is 41.4 Å². The summed E-state index contributed by atoms with van der Waals surface area (Å²) in [6, 6.07) is 3.90. The first kappa shape index (κ1) is 22.1. The minimum atomic E-state index is -3.53. The Morgan fingerprint density at radius 3 is 2.35 bits per heavy atom. The maximum Gasteiger partial charge on any atom is 0.293 e. The Morgan fingerprint density at radius 2 is 1.88 bits per heavy atom. The van der Waals surface area contributed by atoms with Crippen LogP contribution in [0.4, 0.5) is 11.4 Å². The number of benzene rings is 1. The second-order valence-corrected chi connectivity index (χ2v) is 8.14. The predicted molar refractivity (Wildman–Crippen MR) is 100 cm³/mol. The lowest BCUT2D eigenvalue weighted by Gasteiger charge is -2.36. The number of amides is 1. The summed E-state index contributed by atoms with van der Waals surface area (Å²) in [5.74, 6) is -0.279. The van der Waals surface area contributed by atoms with E-state index >= 15 is 0 Å². The van der Waals surface area contributed by atoms with Crippen molar-refractivity contribution in [2.45, 2.75) is 11.8 Å². The van der Waals surface area contributed by atoms with Gasteiger partial charge in [0, 0.05) is 51.0 Å². The Morgan fingerprint density at radius 1 is 1.31 bits per heavy atom. The molecule has 0 aliphatic carbocycles. The minimum Gasteiger partial charge on any atom is -0.362 e. The summed E-state index contributed by atoms with van der Waals surface area (Å²) < 4.78 is 23.2. The third-order valence-corrected chi connectivity index (χ3v) is 5.39. The molecule has 2 N–H and O–H groups in total. The van der Waals surface area contributed by atoms with Crippen LogP contribution < -0.4 is 10.6 Å². The summed E-state index contributed by atoms with van der Waals surface area (Å²) in [6.07, 6.45) is 1.01. The fourth-order valence-corrected chi connectivity index (χ4v) is 3.37. The number of anilines is 1. The van der Waals surface area contributed by atoms with E-state index in [9.17, 15) is 23.3 Å². The molecule has 1 aliphatic heterocycles. The van der Waals surface area contributed by atoms with Crippen LogP contribution in [-0.4, -0.2) is 63.1 Å². The molecule has 0 saturated carbocycles. The molecule has 9 nitrogen and oxygen atoms in total. The highest BCUT2D eigenvalue weighted by atomic mass is 35.5. The Labute approximate surface area is 158 Å². The molecule has 0 spiro atoms. The third-order valence-electron chi connectivity index (χ3n) is 4.28. The monoisotopic (exact) mass is 406 g/mol. The smallest absolute Gasteiger partial charge is 0.293 e. The van der Waals surface area contributed by atoms with Gasteiger partial charge in [-0.2, -0.15) is 0 Å². The van der Waals surface area contributed by atoms with E-state index in [1.807, 2.05) is 0 Å². The van der Waals surface area contributed by atoms with Crippen molar-refractivity contribution in [3.8, 4) is 0 Å². The first-order valence-corrected chi connectivity index (χ1v) is 9.76. The van der Waals surface area contributed by atoms with Gasteiger partial charge in [0.15, 0.2) is 9.84 Å². The number of hydrogen-bond acceptors (Lipinski definition) is 7. The second kappa shape index (κ2) is 8.65. The third kappa shape index (κ3) is 4.83. The summed E-state index contributed by atoms with van der Waals surface area (Å²) in [6.45, 7) is 3.79. The van der Waals surface area contributed by atoms with Crippen molar-refractivity contribution in [3.05, 3.63) is 28.3 Å². The summed E-state index contributed by atoms with van der Waals surface area (Å²) in [5, 5.41) is 11.3. The standard InChI is InChI=1S/C15H22N4O5S.ClH/c1-11(10-16)15(20)18-7-5-17(6-8-18)13-4-3-12(25(2,23)24)9-14(13)19(21)22;/h3-4,9,11H,5-8,10,16H2,1-2H3;1H. The number of nitro benzene ring substituents is 1. The van der Waals surface area contributed by atoms with Crippen LogP contribution in [0.25, 0.3) is 0 Å². The number of rotatable bonds is 5. The fourth-order valence-electron chi connectivity index (χ4n) is 2.73. The molecule has 1 atom stereocenters. The van der Waals surface area contributed by atoms with Crippen molar-refractivity contribution >= 4 is 39.5 Å². The molecule has 0 bridgehead atoms. The van der Waals surface area contributed by atoms with Gasteiger partial charge in [0.05, 0.1) is 9.82 Å². The van der Waals surface area contributed by atoms with Crippen LogP contribution in [0.3, 0.4) is 0 Å². The van der Waals surface area contributed by atoms with Crippen LogP contribution in [-0.2, 0) is 14.6 Å². The average Bonchev–Trinajstić information content (AvgIpc) is 2.59. The zero-order valence-corrected chi connectivity index (χ0v) is 16.3. The molecule has 1 unspecified atom stereocenters. The molecule has 11 heteroatoms. The lowest BCUT2D eigenvalue weighted by molar-refractivity contribution is -0.384. The molecular weight excluding hydrogens is 384 g/mol. The Hall–Kier alpha value is -1.91. The van der Waals surface area contributed by atoms with Crippen molar-refractivity contribution in [3.63, 3.8) is 0 Å². The molecular formula is C15H23ClN4O5S. The maximum atomic E-state index is 12.2. The van der Waals surface area contributed by atoms with Gasteiger partial charge < -0.3 is 15.5 Å². The minimum absolute atomic E-state index is 0. The number of nitro groups is 1. The Balaban J connectivity index is 0.00000338. The Bertz CT molecular complexity index is 778. The molecule has 1 fully saturated rings. The summed E-state index contributed by atoms with van der Waals surface area (Å²) in [4.78, 5) is 26.3. The van der Waals surface area contributed by atoms with Gasteiger partial charge in [-0.05, 0) is 12.1 Å². The molecule has 26 heavy (non-hydrogen) atoms. The largest absolute Gasteiger partial charge is 0.362 e. The van der Waals surface area contributed by atoms with Gasteiger partial charge in [-0.3, -0.25) is 14.9 Å². The van der Waals surface area contributed by atoms with E-state index in [0.717, 1.165) is 12.3 Å². The lowest BCUT2D eigenvalue weighted by atomic mass is 10.1. The van der Waals surface area contributed by atoms with E-state index in [0.29, 0.717) is 31.9 Å². The molecule has 1 aromatic carbocycles. The maximum absolute atomic E-state index is 12.2. The van der Waals surface area contributed by atoms with Crippen molar-refractivity contribution in [2.75, 3.05) is 43.9 Å². The number of nitrogens with zero attached hydrogens (tertiary/aromatic N) is 3. The molecule has 0 aromatic heterocycles. The van der Waals surface area contributed by atoms with Gasteiger partial charge in [-0.25, -0.2) is 8.42 Å². The van der Waals surface area contributed by atoms with Crippen LogP contribution in [0.15, 0.2) is 23.1 Å². The number of nitrogens with two attached hydrogens (primary N) is 1. The molecule has 1 aliphatic rings. The first-order chi connectivity index (χ1) is 11.6. The van der Waals surface area contributed by atoms with Gasteiger partial charge in [0.1, 0.15) is 5.69 Å². The van der Waals surface area contributed by atoms with E-state index in [1.165, 1.54) is 12.1 Å². The first-order valence-electron chi connectivity index (χ1n) is 7.87. The lowest BCUT2D eigenvalue weighted by Crippen LogP contribution is -2.51. The second-order valence-electron chi connectivity index (χ2n) is 6.13. The van der Waals surface area contributed by atoms with Crippen LogP contribution in [0.2, 0.25) is 0 Å². The van der Waals surface area contributed by atoms with Crippen LogP contribution >= 0.6 is 12.4 Å². The predicted octanol–water partition coefficient (Wildman–Crippen LogP) is 0.664. The van der Waals surface area contributed by atoms with E-state index in [1.54, 1.807) is 16.7 Å². The topological polar surface area (TPSA) is 127 Å². The van der Waals surface area contributed by atoms with Crippen molar-refractivity contribution in [2.24, 2.45) is 11.7 Å². The molecule has 1 heterocycles. The van der Waals surface area contributed by atoms with Crippen molar-refractivity contribution < 1.29 is 18.1 Å². The average molecular weight is 407 g/mol. The number of piperazine rings is 1. The summed E-state index contributed by atoms with van der Waals surface area (Å²) >= 11 is 0. The zero-order valence-electron chi connectivity index (χ0n) is 14.6. The number of halogens is 1. The van der Waals surface area contributed by atoms with Gasteiger partial charge >= 0.3 is 0 Å². The fraction of sp³-hybridized carbons (Fsp3) is 0.533. The van der Waals surface area contributed by atoms with Crippen molar-refractivity contribution in [1.29, 1.82) is 0 Å². The normalized spacial score (nSPS) is 16.0. The number of sulfone groups is 1. The van der Waals surface area contributed by atoms with Crippen LogP contribution in [0.1, 0.15) is 6.92 Å². The zero-order chi connectivity index (χ0) is 18.8. The molecule has 2 rings (SSSR count). The van der Waals surface area contributed by atoms with Crippen molar-refractivity contribution in [1.82, 2.24) is 4.90 Å². The van der Waals surface area contributed by atoms with Crippen LogP contribution in [0, 0.1) is 16.0 Å². The summed E-state index contributed by atoms with van der Waals surface area (Å²) in [5.41, 5.74) is 5.62. The highest BCUT2D eigenvalue weighted by Gasteiger charge is 2.28. The molecule has 1 amide bonds. The van der Waals surface area contributed by atoms with E-state index in [4.69, 9.17) is 5.73 Å². The van der Waals surface area contributed by atoms with Gasteiger partial charge in [0.25, 0.3) is 5.69 Å². The molecule has 146 valence electrons. The molecule has 0 radical (unpaired) electrons. The Kier molecular flexibility index (Phi) is 7.36. The number of carbonyl (C=O) groups is 1. The van der Waals surface area contributed by atoms with Gasteiger partial charge in [-0.1, -0.05) is 6.92 Å². The van der Waals surface area contributed by atoms with Crippen LogP contribution in [0.5, 0.6) is 0 Å². The van der Waals surface area contributed by atoms with E-state index < -0.39 is 14.8 Å². The SMILES string of the molecule is CC(CN)C(=O)N1CCN(c2ccc(S(C)(=O)=O)cc2[N+](=O)[O-])CC1.Cl. The quantitative estimate of drug-likeness (QED) is 0.562. The van der Waals surface area contributed by atoms with Gasteiger partial charge in [0.2, 0.25) is 5.91 Å². The molecule has 1 aromatic rings. The highest BCUT2D eigenvalue weighted by Crippen LogP contribution is 2.31. The summed E-state index contributed by atoms with van der Waals surface area (Å²) in [7, 11) is -3.53. The molecule has 1 saturated heterocycles. The van der Waals surface area contributed by atoms with Gasteiger partial charge in [-0.15, -0.1) is 12.4 Å². The number of hydrogen-bond donors (Lipinski definition) is 1. The number of carbonyl (C=O) groups excluding carboxylic acids is 1. The van der Waals surface area contributed by atoms with E-state index in [2.05, 4.69) is 0 Å².